The van der Waals surface area contributed by atoms with Gasteiger partial charge in [0.05, 0.1) is 18.9 Å². The van der Waals surface area contributed by atoms with E-state index in [0.717, 1.165) is 74.3 Å². The second kappa shape index (κ2) is 7.00. The highest BCUT2D eigenvalue weighted by Gasteiger charge is 2.14. The molecule has 0 bridgehead atoms. The van der Waals surface area contributed by atoms with E-state index in [1.165, 1.54) is 0 Å². The third kappa shape index (κ3) is 3.82. The second-order valence-corrected chi connectivity index (χ2v) is 5.81. The van der Waals surface area contributed by atoms with Gasteiger partial charge in [0.25, 0.3) is 0 Å². The maximum Gasteiger partial charge on any atom is 0.195 e. The van der Waals surface area contributed by atoms with E-state index in [1.807, 2.05) is 13.0 Å². The zero-order chi connectivity index (χ0) is 16.2. The molecule has 0 spiro atoms. The van der Waals surface area contributed by atoms with Crippen molar-refractivity contribution in [2.24, 2.45) is 0 Å². The van der Waals surface area contributed by atoms with E-state index in [4.69, 9.17) is 14.9 Å². The van der Waals surface area contributed by atoms with E-state index < -0.39 is 0 Å². The third-order valence-corrected chi connectivity index (χ3v) is 4.11. The Balaban J connectivity index is 1.70. The molecule has 3 heterocycles. The Hall–Kier alpha value is -2.08. The van der Waals surface area contributed by atoms with Gasteiger partial charge in [-0.05, 0) is 19.4 Å². The van der Waals surface area contributed by atoms with E-state index in [0.29, 0.717) is 5.82 Å². The second-order valence-electron chi connectivity index (χ2n) is 5.81. The molecule has 6 heteroatoms. The fraction of sp³-hybridized carbons (Fsp3) is 0.529. The minimum Gasteiger partial charge on any atom is -0.445 e. The molecule has 0 atom stereocenters. The molecule has 0 radical (unpaired) electrons. The number of oxazole rings is 1. The molecule has 0 saturated carbocycles. The Morgan fingerprint density at radius 3 is 2.65 bits per heavy atom. The van der Waals surface area contributed by atoms with Crippen LogP contribution in [0, 0.1) is 6.92 Å². The zero-order valence-electron chi connectivity index (χ0n) is 13.8. The van der Waals surface area contributed by atoms with Gasteiger partial charge < -0.3 is 19.8 Å². The molecule has 2 N–H and O–H groups in total. The molecule has 124 valence electrons. The van der Waals surface area contributed by atoms with Crippen molar-refractivity contribution in [1.29, 1.82) is 0 Å². The van der Waals surface area contributed by atoms with Crippen molar-refractivity contribution in [3.63, 3.8) is 0 Å². The number of ether oxygens (including phenoxy) is 1. The quantitative estimate of drug-likeness (QED) is 0.910. The lowest BCUT2D eigenvalue weighted by Gasteiger charge is -2.29. The maximum atomic E-state index is 5.98. The number of anilines is 2. The van der Waals surface area contributed by atoms with E-state index in [1.54, 1.807) is 0 Å². The van der Waals surface area contributed by atoms with Crippen LogP contribution in [0.1, 0.15) is 30.0 Å². The standard InChI is InChI=1S/C17H24N4O2/c1-3-15-12(2)19-17(23-15)5-4-13-10-14(11-16(18)20-13)21-6-8-22-9-7-21/h10-11H,3-9H2,1-2H3,(H2,18,20). The Kier molecular flexibility index (Phi) is 4.81. The van der Waals surface area contributed by atoms with Crippen molar-refractivity contribution in [2.75, 3.05) is 36.9 Å². The third-order valence-electron chi connectivity index (χ3n) is 4.11. The van der Waals surface area contributed by atoms with Crippen LogP contribution in [0.25, 0.3) is 0 Å². The van der Waals surface area contributed by atoms with Crippen molar-refractivity contribution in [3.8, 4) is 0 Å². The van der Waals surface area contributed by atoms with Gasteiger partial charge in [0.1, 0.15) is 11.6 Å². The van der Waals surface area contributed by atoms with Crippen LogP contribution < -0.4 is 10.6 Å². The Morgan fingerprint density at radius 1 is 1.17 bits per heavy atom. The Morgan fingerprint density at radius 2 is 1.96 bits per heavy atom. The van der Waals surface area contributed by atoms with Gasteiger partial charge in [-0.2, -0.15) is 0 Å². The van der Waals surface area contributed by atoms with Crippen molar-refractivity contribution < 1.29 is 9.15 Å². The molecule has 3 rings (SSSR count). The summed E-state index contributed by atoms with van der Waals surface area (Å²) in [5.41, 5.74) is 9.05. The van der Waals surface area contributed by atoms with Gasteiger partial charge in [-0.25, -0.2) is 9.97 Å². The van der Waals surface area contributed by atoms with Crippen LogP contribution in [0.2, 0.25) is 0 Å². The minimum absolute atomic E-state index is 0.557. The summed E-state index contributed by atoms with van der Waals surface area (Å²) in [7, 11) is 0. The number of aryl methyl sites for hydroxylation is 4. The van der Waals surface area contributed by atoms with E-state index in [2.05, 4.69) is 27.9 Å². The molecule has 1 fully saturated rings. The molecule has 0 unspecified atom stereocenters. The number of hydrogen-bond donors (Lipinski definition) is 1. The number of morpholine rings is 1. The molecule has 1 aliphatic rings. The average molecular weight is 316 g/mol. The molecule has 0 amide bonds. The predicted octanol–water partition coefficient (Wildman–Crippen LogP) is 2.14. The predicted molar refractivity (Wildman–Crippen MR) is 89.7 cm³/mol. The summed E-state index contributed by atoms with van der Waals surface area (Å²) in [5, 5.41) is 0. The number of hydrogen-bond acceptors (Lipinski definition) is 6. The average Bonchev–Trinajstić information content (AvgIpc) is 2.93. The molecular formula is C17H24N4O2. The van der Waals surface area contributed by atoms with Crippen molar-refractivity contribution in [3.05, 3.63) is 35.2 Å². The number of nitrogen functional groups attached to an aromatic ring is 1. The van der Waals surface area contributed by atoms with Gasteiger partial charge in [-0.15, -0.1) is 0 Å². The lowest BCUT2D eigenvalue weighted by Crippen LogP contribution is -2.36. The SMILES string of the molecule is CCc1oc(CCc2cc(N3CCOCC3)cc(N)n2)nc1C. The summed E-state index contributed by atoms with van der Waals surface area (Å²) in [6, 6.07) is 4.04. The summed E-state index contributed by atoms with van der Waals surface area (Å²) in [4.78, 5) is 11.2. The van der Waals surface area contributed by atoms with Crippen molar-refractivity contribution >= 4 is 11.5 Å². The van der Waals surface area contributed by atoms with Crippen molar-refractivity contribution in [2.45, 2.75) is 33.1 Å². The zero-order valence-corrected chi connectivity index (χ0v) is 13.8. The number of rotatable bonds is 5. The molecule has 0 aliphatic carbocycles. The van der Waals surface area contributed by atoms with Crippen LogP contribution in [-0.4, -0.2) is 36.3 Å². The smallest absolute Gasteiger partial charge is 0.195 e. The van der Waals surface area contributed by atoms with Gasteiger partial charge in [-0.1, -0.05) is 6.92 Å². The van der Waals surface area contributed by atoms with Gasteiger partial charge in [0.15, 0.2) is 5.89 Å². The number of aromatic nitrogens is 2. The minimum atomic E-state index is 0.557. The maximum absolute atomic E-state index is 5.98. The van der Waals surface area contributed by atoms with Crippen LogP contribution in [0.15, 0.2) is 16.5 Å². The number of nitrogens with zero attached hydrogens (tertiary/aromatic N) is 3. The molecule has 2 aromatic rings. The van der Waals surface area contributed by atoms with E-state index >= 15 is 0 Å². The Bertz CT molecular complexity index is 663. The van der Waals surface area contributed by atoms with Gasteiger partial charge in [-0.3, -0.25) is 0 Å². The molecule has 2 aromatic heterocycles. The first-order valence-electron chi connectivity index (χ1n) is 8.20. The summed E-state index contributed by atoms with van der Waals surface area (Å²) >= 11 is 0. The first-order chi connectivity index (χ1) is 11.2. The van der Waals surface area contributed by atoms with Crippen LogP contribution in [0.4, 0.5) is 11.5 Å². The molecule has 1 saturated heterocycles. The number of pyridine rings is 1. The fourth-order valence-electron chi connectivity index (χ4n) is 2.88. The van der Waals surface area contributed by atoms with Gasteiger partial charge in [0, 0.05) is 43.4 Å². The molecule has 23 heavy (non-hydrogen) atoms. The summed E-state index contributed by atoms with van der Waals surface area (Å²) in [5.74, 6) is 2.30. The fourth-order valence-corrected chi connectivity index (χ4v) is 2.88. The largest absolute Gasteiger partial charge is 0.445 e. The summed E-state index contributed by atoms with van der Waals surface area (Å²) in [6.07, 6.45) is 2.38. The first-order valence-corrected chi connectivity index (χ1v) is 8.20. The van der Waals surface area contributed by atoms with Gasteiger partial charge >= 0.3 is 0 Å². The molecule has 0 aromatic carbocycles. The van der Waals surface area contributed by atoms with Gasteiger partial charge in [0.2, 0.25) is 0 Å². The monoisotopic (exact) mass is 316 g/mol. The van der Waals surface area contributed by atoms with E-state index in [-0.39, 0.29) is 0 Å². The highest BCUT2D eigenvalue weighted by Crippen LogP contribution is 2.21. The Labute approximate surface area is 136 Å². The molecule has 6 nitrogen and oxygen atoms in total. The lowest BCUT2D eigenvalue weighted by molar-refractivity contribution is 0.122. The molecular weight excluding hydrogens is 292 g/mol. The van der Waals surface area contributed by atoms with Crippen LogP contribution in [0.5, 0.6) is 0 Å². The summed E-state index contributed by atoms with van der Waals surface area (Å²) in [6.45, 7) is 7.36. The van der Waals surface area contributed by atoms with Crippen LogP contribution in [-0.2, 0) is 24.0 Å². The topological polar surface area (TPSA) is 77.4 Å². The first kappa shape index (κ1) is 15.8. The number of nitrogens with two attached hydrogens (primary N) is 1. The van der Waals surface area contributed by atoms with Crippen LogP contribution in [0.3, 0.4) is 0 Å². The normalized spacial score (nSPS) is 15.1. The van der Waals surface area contributed by atoms with Crippen molar-refractivity contribution in [1.82, 2.24) is 9.97 Å². The lowest BCUT2D eigenvalue weighted by atomic mass is 10.2. The highest BCUT2D eigenvalue weighted by molar-refractivity contribution is 5.54. The highest BCUT2D eigenvalue weighted by atomic mass is 16.5. The van der Waals surface area contributed by atoms with Crippen LogP contribution >= 0.6 is 0 Å². The molecule has 1 aliphatic heterocycles. The summed E-state index contributed by atoms with van der Waals surface area (Å²) < 4.78 is 11.2. The van der Waals surface area contributed by atoms with E-state index in [9.17, 15) is 0 Å².